The van der Waals surface area contributed by atoms with Gasteiger partial charge in [-0.2, -0.15) is 0 Å². The highest BCUT2D eigenvalue weighted by Gasteiger charge is 2.38. The number of hydrogen-bond acceptors (Lipinski definition) is 3. The van der Waals surface area contributed by atoms with E-state index >= 15 is 0 Å². The normalized spacial score (nSPS) is 18.5. The highest BCUT2D eigenvalue weighted by Crippen LogP contribution is 2.39. The molecule has 3 rings (SSSR count). The molecule has 0 atom stereocenters. The van der Waals surface area contributed by atoms with Crippen LogP contribution in [0.5, 0.6) is 0 Å². The average Bonchev–Trinajstić information content (AvgIpc) is 2.88. The Hall–Kier alpha value is -1.42. The Balaban J connectivity index is 2.19. The molecule has 0 spiro atoms. The molecule has 114 valence electrons. The van der Waals surface area contributed by atoms with Crippen molar-refractivity contribution in [3.63, 3.8) is 0 Å². The first-order valence-corrected chi connectivity index (χ1v) is 8.22. The molecule has 0 unspecified atom stereocenters. The van der Waals surface area contributed by atoms with Crippen LogP contribution in [0.2, 0.25) is 0 Å². The van der Waals surface area contributed by atoms with E-state index in [4.69, 9.17) is 4.98 Å². The van der Waals surface area contributed by atoms with Crippen molar-refractivity contribution in [1.82, 2.24) is 19.9 Å². The molecule has 21 heavy (non-hydrogen) atoms. The Morgan fingerprint density at radius 1 is 1.33 bits per heavy atom. The third-order valence-electron chi connectivity index (χ3n) is 4.73. The molecule has 0 bridgehead atoms. The molecule has 0 amide bonds. The fraction of sp³-hybridized carbons (Fsp3) is 0.647. The van der Waals surface area contributed by atoms with Gasteiger partial charge in [0.2, 0.25) is 0 Å². The lowest BCUT2D eigenvalue weighted by Gasteiger charge is -2.38. The lowest BCUT2D eigenvalue weighted by atomic mass is 9.74. The summed E-state index contributed by atoms with van der Waals surface area (Å²) in [4.78, 5) is 9.62. The molecule has 1 saturated heterocycles. The average molecular weight is 286 g/mol. The third kappa shape index (κ3) is 2.46. The zero-order valence-electron chi connectivity index (χ0n) is 13.4. The van der Waals surface area contributed by atoms with Gasteiger partial charge in [0.05, 0.1) is 0 Å². The fourth-order valence-electron chi connectivity index (χ4n) is 3.76. The van der Waals surface area contributed by atoms with Crippen LogP contribution in [-0.2, 0) is 5.41 Å². The third-order valence-corrected chi connectivity index (χ3v) is 4.73. The van der Waals surface area contributed by atoms with Crippen LogP contribution >= 0.6 is 0 Å². The van der Waals surface area contributed by atoms with Crippen molar-refractivity contribution < 1.29 is 0 Å². The number of pyridine rings is 1. The van der Waals surface area contributed by atoms with Crippen LogP contribution in [0, 0.1) is 0 Å². The first kappa shape index (κ1) is 14.5. The minimum atomic E-state index is 0.213. The van der Waals surface area contributed by atoms with Crippen LogP contribution < -0.4 is 5.32 Å². The van der Waals surface area contributed by atoms with Gasteiger partial charge in [0.15, 0.2) is 5.65 Å². The van der Waals surface area contributed by atoms with Gasteiger partial charge in [-0.1, -0.05) is 13.3 Å². The Bertz CT molecular complexity index is 603. The lowest BCUT2D eigenvalue weighted by Crippen LogP contribution is -2.41. The molecule has 1 aliphatic heterocycles. The van der Waals surface area contributed by atoms with E-state index in [0.29, 0.717) is 6.04 Å². The SMILES string of the molecule is CCCC1(c2nc3cccnc3n2C(C)C)CCNCC1. The molecule has 0 aromatic carbocycles. The molecular weight excluding hydrogens is 260 g/mol. The number of rotatable bonds is 4. The summed E-state index contributed by atoms with van der Waals surface area (Å²) in [6.45, 7) is 8.94. The van der Waals surface area contributed by atoms with Gasteiger partial charge >= 0.3 is 0 Å². The smallest absolute Gasteiger partial charge is 0.160 e. The Kier molecular flexibility index (Phi) is 3.98. The summed E-state index contributed by atoms with van der Waals surface area (Å²) in [5.41, 5.74) is 2.29. The zero-order chi connectivity index (χ0) is 14.9. The Labute approximate surface area is 127 Å². The maximum atomic E-state index is 5.02. The first-order chi connectivity index (χ1) is 10.2. The monoisotopic (exact) mass is 286 g/mol. The molecule has 1 fully saturated rings. The van der Waals surface area contributed by atoms with Crippen molar-refractivity contribution >= 4 is 11.2 Å². The standard InChI is InChI=1S/C17H26N4/c1-4-7-17(8-11-18-12-9-17)16-20-14-6-5-10-19-15(14)21(16)13(2)3/h5-6,10,13,18H,4,7-9,11-12H2,1-3H3. The Morgan fingerprint density at radius 2 is 2.10 bits per heavy atom. The van der Waals surface area contributed by atoms with Crippen LogP contribution in [-0.4, -0.2) is 27.6 Å². The first-order valence-electron chi connectivity index (χ1n) is 8.22. The van der Waals surface area contributed by atoms with E-state index in [-0.39, 0.29) is 5.41 Å². The Morgan fingerprint density at radius 3 is 2.76 bits per heavy atom. The summed E-state index contributed by atoms with van der Waals surface area (Å²) >= 11 is 0. The number of hydrogen-bond donors (Lipinski definition) is 1. The van der Waals surface area contributed by atoms with E-state index in [1.165, 1.54) is 31.5 Å². The zero-order valence-corrected chi connectivity index (χ0v) is 13.4. The van der Waals surface area contributed by atoms with Crippen LogP contribution in [0.4, 0.5) is 0 Å². The van der Waals surface area contributed by atoms with Gasteiger partial charge in [-0.25, -0.2) is 9.97 Å². The molecule has 0 aliphatic carbocycles. The van der Waals surface area contributed by atoms with E-state index in [9.17, 15) is 0 Å². The van der Waals surface area contributed by atoms with Crippen molar-refractivity contribution in [1.29, 1.82) is 0 Å². The summed E-state index contributed by atoms with van der Waals surface area (Å²) in [5, 5.41) is 3.50. The summed E-state index contributed by atoms with van der Waals surface area (Å²) in [7, 11) is 0. The van der Waals surface area contributed by atoms with Crippen LogP contribution in [0.15, 0.2) is 18.3 Å². The predicted molar refractivity (Wildman–Crippen MR) is 86.6 cm³/mol. The summed E-state index contributed by atoms with van der Waals surface area (Å²) in [6, 6.07) is 4.47. The summed E-state index contributed by atoms with van der Waals surface area (Å²) < 4.78 is 2.37. The largest absolute Gasteiger partial charge is 0.317 e. The quantitative estimate of drug-likeness (QED) is 0.936. The van der Waals surface area contributed by atoms with Crippen LogP contribution in [0.1, 0.15) is 58.3 Å². The second-order valence-electron chi connectivity index (χ2n) is 6.53. The number of piperidine rings is 1. The summed E-state index contributed by atoms with van der Waals surface area (Å²) in [5.74, 6) is 1.26. The second-order valence-corrected chi connectivity index (χ2v) is 6.53. The highest BCUT2D eigenvalue weighted by molar-refractivity contribution is 5.71. The maximum absolute atomic E-state index is 5.02. The van der Waals surface area contributed by atoms with Crippen molar-refractivity contribution in [3.05, 3.63) is 24.2 Å². The van der Waals surface area contributed by atoms with Crippen LogP contribution in [0.25, 0.3) is 11.2 Å². The number of aromatic nitrogens is 3. The van der Waals surface area contributed by atoms with Crippen molar-refractivity contribution in [2.75, 3.05) is 13.1 Å². The van der Waals surface area contributed by atoms with Crippen LogP contribution in [0.3, 0.4) is 0 Å². The predicted octanol–water partition coefficient (Wildman–Crippen LogP) is 3.43. The van der Waals surface area contributed by atoms with Crippen molar-refractivity contribution in [2.24, 2.45) is 0 Å². The van der Waals surface area contributed by atoms with Gasteiger partial charge in [0, 0.05) is 17.7 Å². The molecule has 3 heterocycles. The van der Waals surface area contributed by atoms with Gasteiger partial charge in [-0.3, -0.25) is 0 Å². The molecule has 4 nitrogen and oxygen atoms in total. The highest BCUT2D eigenvalue weighted by atomic mass is 15.2. The minimum Gasteiger partial charge on any atom is -0.317 e. The van der Waals surface area contributed by atoms with Gasteiger partial charge in [-0.05, 0) is 58.3 Å². The molecule has 2 aromatic rings. The van der Waals surface area contributed by atoms with Crippen molar-refractivity contribution in [3.8, 4) is 0 Å². The number of imidazole rings is 1. The van der Waals surface area contributed by atoms with Gasteiger partial charge < -0.3 is 9.88 Å². The van der Waals surface area contributed by atoms with Gasteiger partial charge in [0.25, 0.3) is 0 Å². The maximum Gasteiger partial charge on any atom is 0.160 e. The molecule has 1 aliphatic rings. The minimum absolute atomic E-state index is 0.213. The molecular formula is C17H26N4. The second kappa shape index (κ2) is 5.76. The van der Waals surface area contributed by atoms with Gasteiger partial charge in [0.1, 0.15) is 11.3 Å². The van der Waals surface area contributed by atoms with E-state index < -0.39 is 0 Å². The number of fused-ring (bicyclic) bond motifs is 1. The van der Waals surface area contributed by atoms with Gasteiger partial charge in [-0.15, -0.1) is 0 Å². The topological polar surface area (TPSA) is 42.7 Å². The molecule has 0 radical (unpaired) electrons. The molecule has 1 N–H and O–H groups in total. The summed E-state index contributed by atoms with van der Waals surface area (Å²) in [6.07, 6.45) is 6.65. The van der Waals surface area contributed by atoms with E-state index in [2.05, 4.69) is 41.7 Å². The van der Waals surface area contributed by atoms with Crippen molar-refractivity contribution in [2.45, 2.75) is 57.9 Å². The fourth-order valence-corrected chi connectivity index (χ4v) is 3.76. The molecule has 4 heteroatoms. The van der Waals surface area contributed by atoms with E-state index in [1.807, 2.05) is 12.3 Å². The lowest BCUT2D eigenvalue weighted by molar-refractivity contribution is 0.259. The molecule has 2 aromatic heterocycles. The number of nitrogens with one attached hydrogen (secondary N) is 1. The van der Waals surface area contributed by atoms with E-state index in [1.54, 1.807) is 0 Å². The molecule has 0 saturated carbocycles. The number of nitrogens with zero attached hydrogens (tertiary/aromatic N) is 3. The van der Waals surface area contributed by atoms with E-state index in [0.717, 1.165) is 24.3 Å².